The van der Waals surface area contributed by atoms with Gasteiger partial charge in [-0.3, -0.25) is 14.4 Å². The Morgan fingerprint density at radius 3 is 2.48 bits per heavy atom. The van der Waals surface area contributed by atoms with Crippen molar-refractivity contribution in [2.24, 2.45) is 0 Å². The van der Waals surface area contributed by atoms with Gasteiger partial charge in [0.25, 0.3) is 5.91 Å². The van der Waals surface area contributed by atoms with E-state index < -0.39 is 0 Å². The van der Waals surface area contributed by atoms with E-state index in [9.17, 15) is 14.4 Å². The van der Waals surface area contributed by atoms with Crippen molar-refractivity contribution in [3.63, 3.8) is 0 Å². The number of piperidine rings is 1. The molecule has 2 aromatic rings. The van der Waals surface area contributed by atoms with Gasteiger partial charge in [-0.05, 0) is 56.5 Å². The van der Waals surface area contributed by atoms with Crippen LogP contribution >= 0.6 is 11.6 Å². The second kappa shape index (κ2) is 9.56. The molecule has 2 N–H and O–H groups in total. The normalized spacial score (nSPS) is 13.7. The van der Waals surface area contributed by atoms with Gasteiger partial charge in [-0.15, -0.1) is 0 Å². The molecule has 0 atom stereocenters. The van der Waals surface area contributed by atoms with Crippen molar-refractivity contribution in [2.75, 3.05) is 30.3 Å². The summed E-state index contributed by atoms with van der Waals surface area (Å²) in [5, 5.41) is 6.17. The lowest BCUT2D eigenvalue weighted by Crippen LogP contribution is -2.35. The molecule has 2 amide bonds. The number of Topliss-reactive ketones (excluding diaryl/α,β-unsaturated/α-hetero) is 1. The zero-order chi connectivity index (χ0) is 20.8. The SMILES string of the molecule is CC(=O)c1cccc(NC(=O)CNc2cc(C(=O)N3CCCCC3)ccc2Cl)c1. The topological polar surface area (TPSA) is 78.5 Å². The molecular formula is C22H24ClN3O3. The number of nitrogens with zero attached hydrogens (tertiary/aromatic N) is 1. The number of rotatable bonds is 6. The Kier molecular flexibility index (Phi) is 6.88. The molecule has 29 heavy (non-hydrogen) atoms. The number of halogens is 1. The summed E-state index contributed by atoms with van der Waals surface area (Å²) in [4.78, 5) is 38.3. The maximum Gasteiger partial charge on any atom is 0.253 e. The predicted octanol–water partition coefficient (Wildman–Crippen LogP) is 4.22. The second-order valence-corrected chi connectivity index (χ2v) is 7.49. The number of carbonyl (C=O) groups excluding carboxylic acids is 3. The fraction of sp³-hybridized carbons (Fsp3) is 0.318. The summed E-state index contributed by atoms with van der Waals surface area (Å²) in [5.41, 5.74) is 2.16. The molecule has 0 spiro atoms. The van der Waals surface area contributed by atoms with Crippen LogP contribution < -0.4 is 10.6 Å². The monoisotopic (exact) mass is 413 g/mol. The number of benzene rings is 2. The van der Waals surface area contributed by atoms with Gasteiger partial charge in [0.05, 0.1) is 17.3 Å². The summed E-state index contributed by atoms with van der Waals surface area (Å²) < 4.78 is 0. The Morgan fingerprint density at radius 1 is 1.00 bits per heavy atom. The van der Waals surface area contributed by atoms with Gasteiger partial charge in [-0.1, -0.05) is 23.7 Å². The summed E-state index contributed by atoms with van der Waals surface area (Å²) >= 11 is 6.23. The second-order valence-electron chi connectivity index (χ2n) is 7.09. The molecule has 0 radical (unpaired) electrons. The highest BCUT2D eigenvalue weighted by molar-refractivity contribution is 6.33. The molecule has 0 saturated carbocycles. The molecule has 0 aromatic heterocycles. The summed E-state index contributed by atoms with van der Waals surface area (Å²) in [5.74, 6) is -0.370. The van der Waals surface area contributed by atoms with E-state index >= 15 is 0 Å². The fourth-order valence-corrected chi connectivity index (χ4v) is 3.45. The summed E-state index contributed by atoms with van der Waals surface area (Å²) in [6.07, 6.45) is 3.20. The van der Waals surface area contributed by atoms with Crippen LogP contribution in [0.1, 0.15) is 46.9 Å². The average Bonchev–Trinajstić information content (AvgIpc) is 2.73. The van der Waals surface area contributed by atoms with Crippen LogP contribution in [0.4, 0.5) is 11.4 Å². The van der Waals surface area contributed by atoms with Crippen molar-refractivity contribution in [2.45, 2.75) is 26.2 Å². The van der Waals surface area contributed by atoms with Crippen molar-refractivity contribution < 1.29 is 14.4 Å². The minimum Gasteiger partial charge on any atom is -0.375 e. The zero-order valence-electron chi connectivity index (χ0n) is 16.3. The molecule has 0 bridgehead atoms. The lowest BCUT2D eigenvalue weighted by Gasteiger charge is -2.27. The first-order valence-electron chi connectivity index (χ1n) is 9.67. The highest BCUT2D eigenvalue weighted by Gasteiger charge is 2.19. The van der Waals surface area contributed by atoms with Crippen molar-refractivity contribution in [3.8, 4) is 0 Å². The van der Waals surface area contributed by atoms with Crippen molar-refractivity contribution in [3.05, 3.63) is 58.6 Å². The van der Waals surface area contributed by atoms with Crippen LogP contribution in [0.2, 0.25) is 5.02 Å². The number of likely N-dealkylation sites (tertiary alicyclic amines) is 1. The van der Waals surface area contributed by atoms with E-state index in [1.165, 1.54) is 6.92 Å². The third-order valence-corrected chi connectivity index (χ3v) is 5.18. The summed E-state index contributed by atoms with van der Waals surface area (Å²) in [7, 11) is 0. The molecule has 0 aliphatic carbocycles. The number of anilines is 2. The van der Waals surface area contributed by atoms with Gasteiger partial charge >= 0.3 is 0 Å². The minimum atomic E-state index is -0.283. The molecule has 1 saturated heterocycles. The van der Waals surface area contributed by atoms with Gasteiger partial charge in [-0.25, -0.2) is 0 Å². The van der Waals surface area contributed by atoms with Gasteiger partial charge in [0.2, 0.25) is 5.91 Å². The number of nitrogens with one attached hydrogen (secondary N) is 2. The Bertz CT molecular complexity index is 923. The Hall–Kier alpha value is -2.86. The molecular weight excluding hydrogens is 390 g/mol. The van der Waals surface area contributed by atoms with E-state index in [1.807, 2.05) is 4.90 Å². The third-order valence-electron chi connectivity index (χ3n) is 4.85. The third kappa shape index (κ3) is 5.57. The highest BCUT2D eigenvalue weighted by Crippen LogP contribution is 2.24. The van der Waals surface area contributed by atoms with Crippen molar-refractivity contribution >= 4 is 40.6 Å². The fourth-order valence-electron chi connectivity index (χ4n) is 3.27. The molecule has 6 nitrogen and oxygen atoms in total. The van der Waals surface area contributed by atoms with Crippen LogP contribution in [0.5, 0.6) is 0 Å². The minimum absolute atomic E-state index is 0.0186. The average molecular weight is 414 g/mol. The number of hydrogen-bond donors (Lipinski definition) is 2. The molecule has 1 aliphatic rings. The van der Waals surface area contributed by atoms with Crippen LogP contribution in [0, 0.1) is 0 Å². The van der Waals surface area contributed by atoms with E-state index in [0.717, 1.165) is 32.4 Å². The molecule has 1 fully saturated rings. The Labute approximate surface area is 175 Å². The largest absolute Gasteiger partial charge is 0.375 e. The van der Waals surface area contributed by atoms with Crippen LogP contribution in [0.25, 0.3) is 0 Å². The lowest BCUT2D eigenvalue weighted by molar-refractivity contribution is -0.114. The predicted molar refractivity (Wildman–Crippen MR) is 115 cm³/mol. The number of hydrogen-bond acceptors (Lipinski definition) is 4. The van der Waals surface area contributed by atoms with Crippen molar-refractivity contribution in [1.82, 2.24) is 4.90 Å². The maximum absolute atomic E-state index is 12.7. The number of ketones is 1. The maximum atomic E-state index is 12.7. The molecule has 2 aromatic carbocycles. The van der Waals surface area contributed by atoms with E-state index in [2.05, 4.69) is 10.6 Å². The van der Waals surface area contributed by atoms with Gasteiger partial charge in [0.1, 0.15) is 0 Å². The molecule has 7 heteroatoms. The molecule has 1 aliphatic heterocycles. The van der Waals surface area contributed by atoms with E-state index in [4.69, 9.17) is 11.6 Å². The first-order chi connectivity index (χ1) is 13.9. The van der Waals surface area contributed by atoms with E-state index in [-0.39, 0.29) is 24.1 Å². The quantitative estimate of drug-likeness (QED) is 0.695. The highest BCUT2D eigenvalue weighted by atomic mass is 35.5. The Balaban J connectivity index is 1.62. The standard InChI is InChI=1S/C22H24ClN3O3/c1-15(27)16-6-5-7-18(12-16)25-21(28)14-24-20-13-17(8-9-19(20)23)22(29)26-10-3-2-4-11-26/h5-9,12-13,24H,2-4,10-11,14H2,1H3,(H,25,28). The zero-order valence-corrected chi connectivity index (χ0v) is 17.1. The van der Waals surface area contributed by atoms with Crippen molar-refractivity contribution in [1.29, 1.82) is 0 Å². The summed E-state index contributed by atoms with van der Waals surface area (Å²) in [6.45, 7) is 2.99. The smallest absolute Gasteiger partial charge is 0.253 e. The van der Waals surface area contributed by atoms with Gasteiger partial charge in [0, 0.05) is 29.9 Å². The molecule has 0 unspecified atom stereocenters. The van der Waals surface area contributed by atoms with Crippen LogP contribution in [0.15, 0.2) is 42.5 Å². The first kappa shape index (κ1) is 20.9. The lowest BCUT2D eigenvalue weighted by atomic mass is 10.1. The number of carbonyl (C=O) groups is 3. The molecule has 1 heterocycles. The van der Waals surface area contributed by atoms with E-state index in [0.29, 0.717) is 27.5 Å². The van der Waals surface area contributed by atoms with Crippen LogP contribution in [0.3, 0.4) is 0 Å². The number of amides is 2. The van der Waals surface area contributed by atoms with Gasteiger partial charge < -0.3 is 15.5 Å². The molecule has 152 valence electrons. The molecule has 3 rings (SSSR count). The van der Waals surface area contributed by atoms with Crippen LogP contribution in [-0.2, 0) is 4.79 Å². The summed E-state index contributed by atoms with van der Waals surface area (Å²) in [6, 6.07) is 11.8. The van der Waals surface area contributed by atoms with Gasteiger partial charge in [-0.2, -0.15) is 0 Å². The van der Waals surface area contributed by atoms with Crippen LogP contribution in [-0.4, -0.2) is 42.1 Å². The van der Waals surface area contributed by atoms with Gasteiger partial charge in [0.15, 0.2) is 5.78 Å². The first-order valence-corrected chi connectivity index (χ1v) is 10.1. The van der Waals surface area contributed by atoms with E-state index in [1.54, 1.807) is 42.5 Å². The Morgan fingerprint density at radius 2 is 1.76 bits per heavy atom.